The number of nitrogens with zero attached hydrogens (tertiary/aromatic N) is 32. The molecular weight excluding hydrogens is 1480 g/mol. The van der Waals surface area contributed by atoms with Gasteiger partial charge in [-0.25, -0.2) is 9.97 Å². The Kier molecular flexibility index (Phi) is 25.6. The van der Waals surface area contributed by atoms with Gasteiger partial charge < -0.3 is 47.4 Å². The minimum Gasteiger partial charge on any atom is -0.368 e. The van der Waals surface area contributed by atoms with Gasteiger partial charge in [0.1, 0.15) is 6.33 Å². The van der Waals surface area contributed by atoms with Gasteiger partial charge in [-0.3, -0.25) is 0 Å². The van der Waals surface area contributed by atoms with Crippen LogP contribution in [0.15, 0.2) is 6.33 Å². The molecule has 0 atom stereocenters. The van der Waals surface area contributed by atoms with E-state index in [4.69, 9.17) is 28.9 Å². The zero-order valence-electron chi connectivity index (χ0n) is 67.8. The van der Waals surface area contributed by atoms with Crippen LogP contribution in [-0.2, 0) is 0 Å². The number of fused-ring (bicyclic) bond motifs is 6. The molecule has 0 aliphatic heterocycles. The Morgan fingerprint density at radius 2 is 0.531 bits per heavy atom. The van der Waals surface area contributed by atoms with Gasteiger partial charge >= 0.3 is 0 Å². The third-order valence-electron chi connectivity index (χ3n) is 19.7. The number of hydrogen-bond acceptors (Lipinski definition) is 33. The molecule has 0 amide bonds. The molecule has 12 heterocycles. The molecule has 0 bridgehead atoms. The number of nitrogen functional groups attached to an aromatic ring is 1. The molecule has 41 heteroatoms. The molecule has 12 aromatic heterocycles. The molecule has 113 heavy (non-hydrogen) atoms. The summed E-state index contributed by atoms with van der Waals surface area (Å²) < 4.78 is 0. The van der Waals surface area contributed by atoms with Crippen molar-refractivity contribution in [1.82, 2.24) is 150 Å². The molecular formula is C72H109Cl2N39. The van der Waals surface area contributed by atoms with E-state index in [0.717, 1.165) is 34.0 Å². The van der Waals surface area contributed by atoms with E-state index in [0.29, 0.717) is 116 Å². The second-order valence-electron chi connectivity index (χ2n) is 31.9. The topological polar surface area (TPSA) is 444 Å². The lowest BCUT2D eigenvalue weighted by Gasteiger charge is -2.15. The number of aromatic nitrogens is 30. The highest BCUT2D eigenvalue weighted by Gasteiger charge is 2.29. The zero-order valence-corrected chi connectivity index (χ0v) is 69.3. The maximum Gasteiger partial charge on any atom is 0.229 e. The molecule has 0 spiro atoms. The average Bonchev–Trinajstić information content (AvgIpc) is 1.67. The summed E-state index contributed by atoms with van der Waals surface area (Å²) in [5, 5.41) is 74.1. The Bertz CT molecular complexity index is 5030. The Morgan fingerprint density at radius 1 is 0.292 bits per heavy atom. The minimum atomic E-state index is 0.187. The first-order valence-corrected chi connectivity index (χ1v) is 40.8. The second kappa shape index (κ2) is 35.8. The number of halogens is 2. The Hall–Kier alpha value is -10.3. The largest absolute Gasteiger partial charge is 0.368 e. The molecule has 0 radical (unpaired) electrons. The van der Waals surface area contributed by atoms with E-state index in [2.05, 4.69) is 181 Å². The normalized spacial score (nSPS) is 16.2. The van der Waals surface area contributed by atoms with Crippen LogP contribution in [0.3, 0.4) is 0 Å². The summed E-state index contributed by atoms with van der Waals surface area (Å²) in [6.45, 7) is 24.5. The Labute approximate surface area is 665 Å². The summed E-state index contributed by atoms with van der Waals surface area (Å²) in [4.78, 5) is 65.5. The van der Waals surface area contributed by atoms with Crippen LogP contribution in [0, 0.1) is 0 Å². The first kappa shape index (κ1) is 80.7. The fourth-order valence-corrected chi connectivity index (χ4v) is 13.5. The van der Waals surface area contributed by atoms with E-state index >= 15 is 0 Å². The van der Waals surface area contributed by atoms with Gasteiger partial charge in [-0.05, 0) is 183 Å². The van der Waals surface area contributed by atoms with Crippen molar-refractivity contribution in [2.24, 2.45) is 0 Å². The molecule has 39 nitrogen and oxygen atoms in total. The quantitative estimate of drug-likeness (QED) is 0.0348. The van der Waals surface area contributed by atoms with Crippen molar-refractivity contribution in [2.75, 3.05) is 75.6 Å². The van der Waals surface area contributed by atoms with E-state index in [1.807, 2.05) is 93.4 Å². The van der Waals surface area contributed by atoms with Crippen molar-refractivity contribution in [3.05, 3.63) is 16.9 Å². The molecule has 6 aliphatic rings. The van der Waals surface area contributed by atoms with Gasteiger partial charge in [0.25, 0.3) is 0 Å². The van der Waals surface area contributed by atoms with Crippen molar-refractivity contribution in [1.29, 1.82) is 0 Å². The molecule has 6 aliphatic carbocycles. The van der Waals surface area contributed by atoms with Crippen LogP contribution >= 0.6 is 23.2 Å². The van der Waals surface area contributed by atoms with E-state index in [9.17, 15) is 0 Å². The predicted octanol–water partition coefficient (Wildman–Crippen LogP) is 12.4. The van der Waals surface area contributed by atoms with Gasteiger partial charge in [0.15, 0.2) is 68.0 Å². The molecule has 6 fully saturated rings. The highest BCUT2D eigenvalue weighted by Crippen LogP contribution is 2.34. The number of anilines is 9. The lowest BCUT2D eigenvalue weighted by Crippen LogP contribution is -2.19. The van der Waals surface area contributed by atoms with Gasteiger partial charge in [0, 0.05) is 64.4 Å². The van der Waals surface area contributed by atoms with Crippen LogP contribution in [-0.4, -0.2) is 214 Å². The monoisotopic (exact) mass is 1590 g/mol. The third kappa shape index (κ3) is 20.6. The fourth-order valence-electron chi connectivity index (χ4n) is 13.1. The number of hydrogen-bond donors (Lipinski definition) is 7. The SMILES string of the molecule is CC(C)n1nc2nc(Cl)nc(NC3CC3)c2n1.CC(C)n1nc2nc(Cl)nc(NC3CCCC3)c2n1.CC(C)n1nc2nc(N(C)C)nc(NC3CC3)c2n1.CC(C)n1nc2nc(N(C)C)nc(NC3CCCC3)c2n1.CC(C)n1nc2nc(N)nc(NC3CCCC3)c2n1.CC(C)n1nc2ncnc(NC3CCCC3)c2n1. The molecule has 6 saturated carbocycles. The third-order valence-corrected chi connectivity index (χ3v) is 20.0. The average molecular weight is 1590 g/mol. The van der Waals surface area contributed by atoms with E-state index in [-0.39, 0.29) is 52.8 Å². The molecule has 0 saturated heterocycles. The molecule has 0 unspecified atom stereocenters. The molecule has 8 N–H and O–H groups in total. The van der Waals surface area contributed by atoms with Gasteiger partial charge in [0.05, 0.1) is 36.3 Å². The van der Waals surface area contributed by atoms with Crippen molar-refractivity contribution < 1.29 is 0 Å². The summed E-state index contributed by atoms with van der Waals surface area (Å²) in [5.74, 6) is 6.09. The number of nitrogens with two attached hydrogens (primary N) is 1. The van der Waals surface area contributed by atoms with Gasteiger partial charge in [-0.2, -0.15) is 78.6 Å². The fraction of sp³-hybridized carbons (Fsp3) is 0.667. The van der Waals surface area contributed by atoms with Crippen LogP contribution in [0.25, 0.3) is 67.0 Å². The molecule has 0 aromatic carbocycles. The van der Waals surface area contributed by atoms with E-state index in [1.54, 1.807) is 35.1 Å². The van der Waals surface area contributed by atoms with Gasteiger partial charge in [-0.1, -0.05) is 51.4 Å². The lowest BCUT2D eigenvalue weighted by molar-refractivity contribution is 0.471. The van der Waals surface area contributed by atoms with Crippen molar-refractivity contribution in [2.45, 2.75) is 284 Å². The number of nitrogens with one attached hydrogen (secondary N) is 6. The highest BCUT2D eigenvalue weighted by atomic mass is 35.5. The Balaban J connectivity index is 0.000000119. The molecule has 606 valence electrons. The predicted molar refractivity (Wildman–Crippen MR) is 441 cm³/mol. The lowest BCUT2D eigenvalue weighted by atomic mass is 10.2. The maximum atomic E-state index is 5.96. The first-order chi connectivity index (χ1) is 54.2. The van der Waals surface area contributed by atoms with E-state index < -0.39 is 0 Å². The Morgan fingerprint density at radius 3 is 0.814 bits per heavy atom. The standard InChI is InChI=1S/C14H23N7.C12H17ClN6.2C12H19N7.C12H18N6.C10H13ClN6/c1-9(2)21-18-11-12(15-10-7-5-6-8-10)16-14(20(3)4)17-13(11)19-21;1-7(2)19-17-9-10(14-8-5-3-4-6-8)15-12(13)16-11(9)18-19;1-7(2)19-16-9-10(13-8-5-6-8)14-12(18(3)4)15-11(9)17-19;1-7(2)19-17-9-10(14-8-5-3-4-6-8)15-12(13)16-11(9)18-19;1-8(2)18-16-10-11(13-7-14-12(10)17-18)15-9-5-3-4-6-9;1-5(2)17-15-7-8(12-6-3-4-6)13-10(11)14-9(7)16-17/h9-10H,5-8H2,1-4H3,(H,15,16,17,19);7-8H,3-6H2,1-2H3,(H,14,15,16,18);7-8H,5-6H2,1-4H3,(H,13,14,15,17);7-8H,3-6H2,1-2H3,(H3,13,14,15,16,18);7-9H,3-6H2,1-2H3,(H,13,14,15,17);5-6H,3-4H2,1-2H3,(H,12,13,14,16). The van der Waals surface area contributed by atoms with Gasteiger partial charge in [-0.15, -0.1) is 61.2 Å². The van der Waals surface area contributed by atoms with Crippen molar-refractivity contribution in [3.8, 4) is 0 Å². The molecule has 18 rings (SSSR count). The van der Waals surface area contributed by atoms with E-state index in [1.165, 1.54) is 128 Å². The maximum absolute atomic E-state index is 5.96. The smallest absolute Gasteiger partial charge is 0.229 e. The van der Waals surface area contributed by atoms with Crippen LogP contribution < -0.4 is 47.4 Å². The second-order valence-corrected chi connectivity index (χ2v) is 32.6. The summed E-state index contributed by atoms with van der Waals surface area (Å²) in [5.41, 5.74) is 13.8. The van der Waals surface area contributed by atoms with Crippen LogP contribution in [0.5, 0.6) is 0 Å². The zero-order chi connectivity index (χ0) is 79.9. The summed E-state index contributed by atoms with van der Waals surface area (Å²) in [7, 11) is 7.73. The molecule has 12 aromatic rings. The number of rotatable bonds is 20. The summed E-state index contributed by atoms with van der Waals surface area (Å²) in [6.07, 6.45) is 26.0. The van der Waals surface area contributed by atoms with Crippen LogP contribution in [0.2, 0.25) is 10.6 Å². The first-order valence-electron chi connectivity index (χ1n) is 40.0. The highest BCUT2D eigenvalue weighted by molar-refractivity contribution is 6.29. The summed E-state index contributed by atoms with van der Waals surface area (Å²) in [6, 6.07) is 4.17. The van der Waals surface area contributed by atoms with Crippen LogP contribution in [0.4, 0.5) is 52.8 Å². The van der Waals surface area contributed by atoms with Crippen molar-refractivity contribution in [3.63, 3.8) is 0 Å². The minimum absolute atomic E-state index is 0.187. The van der Waals surface area contributed by atoms with Crippen molar-refractivity contribution >= 4 is 143 Å². The summed E-state index contributed by atoms with van der Waals surface area (Å²) >= 11 is 11.8. The van der Waals surface area contributed by atoms with Gasteiger partial charge in [0.2, 0.25) is 62.3 Å². The van der Waals surface area contributed by atoms with Crippen LogP contribution in [0.1, 0.15) is 248 Å².